The first-order valence-electron chi connectivity index (χ1n) is 7.95. The van der Waals surface area contributed by atoms with Crippen LogP contribution >= 0.6 is 15.9 Å². The van der Waals surface area contributed by atoms with Gasteiger partial charge in [0.05, 0.1) is 6.61 Å². The molecule has 1 aliphatic carbocycles. The van der Waals surface area contributed by atoms with Crippen LogP contribution in [0.3, 0.4) is 0 Å². The number of nitrogens with one attached hydrogen (secondary N) is 1. The van der Waals surface area contributed by atoms with Gasteiger partial charge in [0, 0.05) is 35.9 Å². The molecule has 21 heavy (non-hydrogen) atoms. The predicted molar refractivity (Wildman–Crippen MR) is 93.1 cm³/mol. The first-order valence-corrected chi connectivity index (χ1v) is 8.75. The van der Waals surface area contributed by atoms with Crippen molar-refractivity contribution in [3.63, 3.8) is 0 Å². The molecule has 2 rings (SSSR count). The van der Waals surface area contributed by atoms with Crippen LogP contribution in [-0.4, -0.2) is 32.8 Å². The molecule has 1 saturated carbocycles. The average Bonchev–Trinajstić information content (AvgIpc) is 3.30. The molecule has 1 unspecified atom stereocenters. The Labute approximate surface area is 137 Å². The van der Waals surface area contributed by atoms with Crippen LogP contribution in [0.25, 0.3) is 0 Å². The molecule has 0 heterocycles. The number of hydrogen-bond donors (Lipinski definition) is 1. The Morgan fingerprint density at radius 1 is 1.43 bits per heavy atom. The monoisotopic (exact) mass is 354 g/mol. The molecule has 0 aromatic heterocycles. The van der Waals surface area contributed by atoms with Crippen molar-refractivity contribution in [3.8, 4) is 0 Å². The van der Waals surface area contributed by atoms with Gasteiger partial charge in [-0.15, -0.1) is 0 Å². The van der Waals surface area contributed by atoms with Gasteiger partial charge in [0.1, 0.15) is 0 Å². The fourth-order valence-corrected chi connectivity index (χ4v) is 3.33. The van der Waals surface area contributed by atoms with Crippen molar-refractivity contribution in [1.29, 1.82) is 0 Å². The maximum absolute atomic E-state index is 5.24. The molecule has 1 N–H and O–H groups in total. The van der Waals surface area contributed by atoms with E-state index in [2.05, 4.69) is 58.2 Å². The van der Waals surface area contributed by atoms with Crippen LogP contribution in [0.4, 0.5) is 5.69 Å². The molecule has 1 aromatic rings. The van der Waals surface area contributed by atoms with E-state index in [-0.39, 0.29) is 0 Å². The second-order valence-corrected chi connectivity index (χ2v) is 6.65. The van der Waals surface area contributed by atoms with E-state index in [1.807, 2.05) is 0 Å². The molecule has 0 aliphatic heterocycles. The third-order valence-corrected chi connectivity index (χ3v) is 4.69. The number of nitrogens with zero attached hydrogens (tertiary/aromatic N) is 1. The van der Waals surface area contributed by atoms with Gasteiger partial charge in [0.2, 0.25) is 0 Å². The van der Waals surface area contributed by atoms with Crippen LogP contribution in [0.15, 0.2) is 22.7 Å². The lowest BCUT2D eigenvalue weighted by atomic mass is 10.1. The van der Waals surface area contributed by atoms with Crippen LogP contribution < -0.4 is 10.2 Å². The van der Waals surface area contributed by atoms with Crippen molar-refractivity contribution in [2.75, 3.05) is 31.7 Å². The summed E-state index contributed by atoms with van der Waals surface area (Å²) < 4.78 is 6.44. The second kappa shape index (κ2) is 8.16. The van der Waals surface area contributed by atoms with Crippen LogP contribution in [0.5, 0.6) is 0 Å². The molecule has 118 valence electrons. The summed E-state index contributed by atoms with van der Waals surface area (Å²) in [6.07, 6.45) is 3.77. The molecule has 1 aliphatic rings. The number of halogens is 1. The van der Waals surface area contributed by atoms with Crippen molar-refractivity contribution in [1.82, 2.24) is 5.32 Å². The van der Waals surface area contributed by atoms with Crippen molar-refractivity contribution >= 4 is 21.6 Å². The molecule has 1 aromatic carbocycles. The average molecular weight is 355 g/mol. The molecule has 0 amide bonds. The standard InChI is InChI=1S/C17H27BrN2O/c1-4-9-19-13(2)16-8-7-15(12-17(16)18)20(10-11-21-3)14-5-6-14/h7-8,12-14,19H,4-6,9-11H2,1-3H3. The summed E-state index contributed by atoms with van der Waals surface area (Å²) in [6.45, 7) is 7.22. The van der Waals surface area contributed by atoms with Crippen LogP contribution in [0.2, 0.25) is 0 Å². The normalized spacial score (nSPS) is 16.0. The van der Waals surface area contributed by atoms with E-state index >= 15 is 0 Å². The summed E-state index contributed by atoms with van der Waals surface area (Å²) in [4.78, 5) is 2.47. The van der Waals surface area contributed by atoms with E-state index in [0.29, 0.717) is 12.1 Å². The van der Waals surface area contributed by atoms with E-state index in [0.717, 1.165) is 26.1 Å². The molecule has 0 radical (unpaired) electrons. The van der Waals surface area contributed by atoms with Crippen LogP contribution in [0, 0.1) is 0 Å². The maximum Gasteiger partial charge on any atom is 0.0637 e. The van der Waals surface area contributed by atoms with E-state index in [9.17, 15) is 0 Å². The highest BCUT2D eigenvalue weighted by Crippen LogP contribution is 2.34. The van der Waals surface area contributed by atoms with Gasteiger partial charge in [-0.2, -0.15) is 0 Å². The molecule has 0 saturated heterocycles. The summed E-state index contributed by atoms with van der Waals surface area (Å²) in [5, 5.41) is 3.54. The molecule has 4 heteroatoms. The fourth-order valence-electron chi connectivity index (χ4n) is 2.62. The van der Waals surface area contributed by atoms with Crippen molar-refractivity contribution in [2.45, 2.75) is 45.2 Å². The summed E-state index contributed by atoms with van der Waals surface area (Å²) in [6, 6.07) is 7.83. The SMILES string of the molecule is CCCNC(C)c1ccc(N(CCOC)C2CC2)cc1Br. The van der Waals surface area contributed by atoms with Gasteiger partial charge in [0.15, 0.2) is 0 Å². The van der Waals surface area contributed by atoms with Gasteiger partial charge < -0.3 is 15.0 Å². The Bertz CT molecular complexity index is 448. The van der Waals surface area contributed by atoms with Crippen molar-refractivity contribution in [2.24, 2.45) is 0 Å². The fraction of sp³-hybridized carbons (Fsp3) is 0.647. The zero-order valence-electron chi connectivity index (χ0n) is 13.4. The first kappa shape index (κ1) is 16.8. The highest BCUT2D eigenvalue weighted by atomic mass is 79.9. The summed E-state index contributed by atoms with van der Waals surface area (Å²) in [5.41, 5.74) is 2.63. The summed E-state index contributed by atoms with van der Waals surface area (Å²) in [7, 11) is 1.77. The van der Waals surface area contributed by atoms with Crippen molar-refractivity contribution in [3.05, 3.63) is 28.2 Å². The molecule has 0 spiro atoms. The van der Waals surface area contributed by atoms with Crippen LogP contribution in [-0.2, 0) is 4.74 Å². The minimum Gasteiger partial charge on any atom is -0.383 e. The highest BCUT2D eigenvalue weighted by molar-refractivity contribution is 9.10. The van der Waals surface area contributed by atoms with Gasteiger partial charge in [-0.3, -0.25) is 0 Å². The Morgan fingerprint density at radius 3 is 2.76 bits per heavy atom. The lowest BCUT2D eigenvalue weighted by Gasteiger charge is -2.26. The maximum atomic E-state index is 5.24. The molecule has 3 nitrogen and oxygen atoms in total. The van der Waals surface area contributed by atoms with Gasteiger partial charge in [-0.25, -0.2) is 0 Å². The third kappa shape index (κ3) is 4.70. The lowest BCUT2D eigenvalue weighted by Crippen LogP contribution is -2.29. The number of ether oxygens (including phenoxy) is 1. The van der Waals surface area contributed by atoms with Crippen molar-refractivity contribution < 1.29 is 4.74 Å². The second-order valence-electron chi connectivity index (χ2n) is 5.80. The van der Waals surface area contributed by atoms with Gasteiger partial charge >= 0.3 is 0 Å². The van der Waals surface area contributed by atoms with Gasteiger partial charge in [-0.1, -0.05) is 28.9 Å². The highest BCUT2D eigenvalue weighted by Gasteiger charge is 2.29. The molecule has 0 bridgehead atoms. The van der Waals surface area contributed by atoms with Crippen LogP contribution in [0.1, 0.15) is 44.7 Å². The quantitative estimate of drug-likeness (QED) is 0.721. The summed E-state index contributed by atoms with van der Waals surface area (Å²) in [5.74, 6) is 0. The number of hydrogen-bond acceptors (Lipinski definition) is 3. The zero-order valence-corrected chi connectivity index (χ0v) is 14.9. The smallest absolute Gasteiger partial charge is 0.0637 e. The lowest BCUT2D eigenvalue weighted by molar-refractivity contribution is 0.205. The van der Waals surface area contributed by atoms with E-state index in [4.69, 9.17) is 4.74 Å². The molecular weight excluding hydrogens is 328 g/mol. The molecular formula is C17H27BrN2O. The number of anilines is 1. The minimum absolute atomic E-state index is 0.377. The number of rotatable bonds is 9. The Kier molecular flexibility index (Phi) is 6.52. The minimum atomic E-state index is 0.377. The summed E-state index contributed by atoms with van der Waals surface area (Å²) >= 11 is 3.75. The molecule has 1 atom stereocenters. The van der Waals surface area contributed by atoms with E-state index in [1.165, 1.54) is 28.6 Å². The Balaban J connectivity index is 2.09. The number of methoxy groups -OCH3 is 1. The van der Waals surface area contributed by atoms with Gasteiger partial charge in [-0.05, 0) is 50.4 Å². The zero-order chi connectivity index (χ0) is 15.2. The third-order valence-electron chi connectivity index (χ3n) is 4.01. The predicted octanol–water partition coefficient (Wildman–Crippen LogP) is 4.12. The van der Waals surface area contributed by atoms with E-state index in [1.54, 1.807) is 7.11 Å². The number of benzene rings is 1. The topological polar surface area (TPSA) is 24.5 Å². The first-order chi connectivity index (χ1) is 10.2. The Hall–Kier alpha value is -0.580. The van der Waals surface area contributed by atoms with E-state index < -0.39 is 0 Å². The largest absolute Gasteiger partial charge is 0.383 e. The Morgan fingerprint density at radius 2 is 2.19 bits per heavy atom. The molecule has 1 fully saturated rings. The van der Waals surface area contributed by atoms with Gasteiger partial charge in [0.25, 0.3) is 0 Å².